The molecule has 126 valence electrons. The lowest BCUT2D eigenvalue weighted by Gasteiger charge is -2.26. The summed E-state index contributed by atoms with van der Waals surface area (Å²) in [5, 5.41) is 0. The van der Waals surface area contributed by atoms with Crippen molar-refractivity contribution < 1.29 is 9.47 Å². The van der Waals surface area contributed by atoms with Crippen LogP contribution in [0.5, 0.6) is 11.5 Å². The first-order valence-corrected chi connectivity index (χ1v) is 9.07. The van der Waals surface area contributed by atoms with Crippen LogP contribution in [0.2, 0.25) is 0 Å². The third-order valence-corrected chi connectivity index (χ3v) is 5.12. The molecule has 2 aliphatic heterocycles. The Labute approximate surface area is 144 Å². The predicted molar refractivity (Wildman–Crippen MR) is 96.0 cm³/mol. The van der Waals surface area contributed by atoms with Gasteiger partial charge in [-0.1, -0.05) is 30.3 Å². The number of likely N-dealkylation sites (tertiary alicyclic amines) is 1. The van der Waals surface area contributed by atoms with E-state index in [1.54, 1.807) is 0 Å². The first-order valence-electron chi connectivity index (χ1n) is 9.07. The summed E-state index contributed by atoms with van der Waals surface area (Å²) in [7, 11) is 0. The summed E-state index contributed by atoms with van der Waals surface area (Å²) in [5.41, 5.74) is 2.64. The van der Waals surface area contributed by atoms with Gasteiger partial charge in [-0.3, -0.25) is 4.90 Å². The number of hydrogen-bond acceptors (Lipinski definition) is 3. The Morgan fingerprint density at radius 3 is 2.62 bits per heavy atom. The van der Waals surface area contributed by atoms with Crippen LogP contribution in [-0.2, 0) is 0 Å². The number of ether oxygens (including phenoxy) is 2. The summed E-state index contributed by atoms with van der Waals surface area (Å²) in [4.78, 5) is 2.48. The van der Waals surface area contributed by atoms with Gasteiger partial charge < -0.3 is 9.47 Å². The lowest BCUT2D eigenvalue weighted by Crippen LogP contribution is -2.25. The molecule has 4 rings (SSSR count). The third-order valence-electron chi connectivity index (χ3n) is 5.12. The van der Waals surface area contributed by atoms with E-state index >= 15 is 0 Å². The second-order valence-corrected chi connectivity index (χ2v) is 6.69. The van der Waals surface area contributed by atoms with Crippen LogP contribution in [-0.4, -0.2) is 37.7 Å². The van der Waals surface area contributed by atoms with E-state index in [0.717, 1.165) is 37.7 Å². The van der Waals surface area contributed by atoms with Gasteiger partial charge in [0.1, 0.15) is 18.1 Å². The lowest BCUT2D eigenvalue weighted by molar-refractivity contribution is 0.237. The van der Waals surface area contributed by atoms with E-state index in [2.05, 4.69) is 47.4 Å². The number of rotatable bonds is 5. The SMILES string of the molecule is c1ccc2c(c1)OCCC2c1ccc(OCCN2CCCC2)cc1. The Bertz CT molecular complexity index is 662. The fourth-order valence-electron chi connectivity index (χ4n) is 3.78. The summed E-state index contributed by atoms with van der Waals surface area (Å²) < 4.78 is 11.7. The van der Waals surface area contributed by atoms with Gasteiger partial charge in [-0.05, 0) is 56.1 Å². The first-order chi connectivity index (χ1) is 11.9. The molecule has 2 aliphatic rings. The van der Waals surface area contributed by atoms with Crippen molar-refractivity contribution in [2.75, 3.05) is 32.8 Å². The minimum absolute atomic E-state index is 0.425. The lowest BCUT2D eigenvalue weighted by atomic mass is 9.87. The second-order valence-electron chi connectivity index (χ2n) is 6.69. The van der Waals surface area contributed by atoms with Crippen molar-refractivity contribution in [2.45, 2.75) is 25.2 Å². The van der Waals surface area contributed by atoms with Crippen LogP contribution in [0.15, 0.2) is 48.5 Å². The normalized spacial score (nSPS) is 20.4. The van der Waals surface area contributed by atoms with Crippen molar-refractivity contribution in [2.24, 2.45) is 0 Å². The molecule has 0 aromatic heterocycles. The molecule has 0 aliphatic carbocycles. The Morgan fingerprint density at radius 1 is 1.00 bits per heavy atom. The van der Waals surface area contributed by atoms with Crippen molar-refractivity contribution >= 4 is 0 Å². The molecule has 1 atom stereocenters. The molecule has 1 fully saturated rings. The second kappa shape index (κ2) is 7.27. The maximum Gasteiger partial charge on any atom is 0.123 e. The fourth-order valence-corrected chi connectivity index (χ4v) is 3.78. The van der Waals surface area contributed by atoms with E-state index in [0.29, 0.717) is 5.92 Å². The monoisotopic (exact) mass is 323 g/mol. The van der Waals surface area contributed by atoms with Crippen molar-refractivity contribution in [1.29, 1.82) is 0 Å². The molecular weight excluding hydrogens is 298 g/mol. The molecule has 1 saturated heterocycles. The van der Waals surface area contributed by atoms with E-state index in [-0.39, 0.29) is 0 Å². The summed E-state index contributed by atoms with van der Waals surface area (Å²) >= 11 is 0. The molecule has 2 aromatic rings. The standard InChI is InChI=1S/C21H25NO2/c1-2-6-21-20(5-1)19(11-15-24-21)17-7-9-18(10-8-17)23-16-14-22-12-3-4-13-22/h1-2,5-10,19H,3-4,11-16H2. The smallest absolute Gasteiger partial charge is 0.123 e. The van der Waals surface area contributed by atoms with Gasteiger partial charge in [-0.25, -0.2) is 0 Å². The topological polar surface area (TPSA) is 21.7 Å². The Balaban J connectivity index is 1.39. The molecule has 2 aromatic carbocycles. The molecule has 0 bridgehead atoms. The average Bonchev–Trinajstić information content (AvgIpc) is 3.15. The van der Waals surface area contributed by atoms with Gasteiger partial charge in [0.25, 0.3) is 0 Å². The zero-order valence-corrected chi connectivity index (χ0v) is 14.1. The maximum atomic E-state index is 5.91. The van der Waals surface area contributed by atoms with Crippen LogP contribution in [0, 0.1) is 0 Å². The Morgan fingerprint density at radius 2 is 1.79 bits per heavy atom. The minimum Gasteiger partial charge on any atom is -0.493 e. The minimum atomic E-state index is 0.425. The molecule has 0 radical (unpaired) electrons. The van der Waals surface area contributed by atoms with Crippen LogP contribution < -0.4 is 9.47 Å². The van der Waals surface area contributed by atoms with Gasteiger partial charge in [0.2, 0.25) is 0 Å². The highest BCUT2D eigenvalue weighted by molar-refractivity contribution is 5.44. The molecule has 0 spiro atoms. The van der Waals surface area contributed by atoms with Crippen molar-refractivity contribution in [3.05, 3.63) is 59.7 Å². The molecule has 2 heterocycles. The zero-order valence-electron chi connectivity index (χ0n) is 14.1. The maximum absolute atomic E-state index is 5.91. The molecule has 3 nitrogen and oxygen atoms in total. The predicted octanol–water partition coefficient (Wildman–Crippen LogP) is 4.08. The molecule has 1 unspecified atom stereocenters. The van der Waals surface area contributed by atoms with Crippen LogP contribution in [0.25, 0.3) is 0 Å². The molecule has 3 heteroatoms. The van der Waals surface area contributed by atoms with E-state index in [1.807, 2.05) is 6.07 Å². The van der Waals surface area contributed by atoms with Gasteiger partial charge in [0.15, 0.2) is 0 Å². The zero-order chi connectivity index (χ0) is 16.2. The Hall–Kier alpha value is -2.00. The van der Waals surface area contributed by atoms with Gasteiger partial charge in [0, 0.05) is 18.0 Å². The third kappa shape index (κ3) is 3.41. The van der Waals surface area contributed by atoms with Crippen molar-refractivity contribution in [1.82, 2.24) is 4.90 Å². The summed E-state index contributed by atoms with van der Waals surface area (Å²) in [6, 6.07) is 17.0. The van der Waals surface area contributed by atoms with Gasteiger partial charge in [-0.2, -0.15) is 0 Å². The van der Waals surface area contributed by atoms with Crippen LogP contribution in [0.4, 0.5) is 0 Å². The fraction of sp³-hybridized carbons (Fsp3) is 0.429. The molecule has 0 saturated carbocycles. The van der Waals surface area contributed by atoms with Crippen LogP contribution in [0.1, 0.15) is 36.3 Å². The van der Waals surface area contributed by atoms with Gasteiger partial charge in [0.05, 0.1) is 6.61 Å². The van der Waals surface area contributed by atoms with Gasteiger partial charge in [-0.15, -0.1) is 0 Å². The number of benzene rings is 2. The Kier molecular flexibility index (Phi) is 4.70. The van der Waals surface area contributed by atoms with Crippen molar-refractivity contribution in [3.8, 4) is 11.5 Å². The quantitative estimate of drug-likeness (QED) is 0.828. The van der Waals surface area contributed by atoms with Crippen molar-refractivity contribution in [3.63, 3.8) is 0 Å². The largest absolute Gasteiger partial charge is 0.493 e. The van der Waals surface area contributed by atoms with E-state index in [9.17, 15) is 0 Å². The number of para-hydroxylation sites is 1. The number of hydrogen-bond donors (Lipinski definition) is 0. The molecule has 0 N–H and O–H groups in total. The first kappa shape index (κ1) is 15.5. The number of nitrogens with zero attached hydrogens (tertiary/aromatic N) is 1. The van der Waals surface area contributed by atoms with E-state index in [4.69, 9.17) is 9.47 Å². The highest BCUT2D eigenvalue weighted by atomic mass is 16.5. The summed E-state index contributed by atoms with van der Waals surface area (Å²) in [5.74, 6) is 2.42. The van der Waals surface area contributed by atoms with Crippen LogP contribution >= 0.6 is 0 Å². The van der Waals surface area contributed by atoms with E-state index in [1.165, 1.54) is 37.1 Å². The van der Waals surface area contributed by atoms with Crippen LogP contribution in [0.3, 0.4) is 0 Å². The highest BCUT2D eigenvalue weighted by Gasteiger charge is 2.22. The molecule has 0 amide bonds. The summed E-state index contributed by atoms with van der Waals surface area (Å²) in [6.07, 6.45) is 3.70. The van der Waals surface area contributed by atoms with Gasteiger partial charge >= 0.3 is 0 Å². The molecular formula is C21H25NO2. The number of fused-ring (bicyclic) bond motifs is 1. The highest BCUT2D eigenvalue weighted by Crippen LogP contribution is 2.38. The average molecular weight is 323 g/mol. The van der Waals surface area contributed by atoms with E-state index < -0.39 is 0 Å². The molecule has 24 heavy (non-hydrogen) atoms. The summed E-state index contributed by atoms with van der Waals surface area (Å²) in [6.45, 7) is 5.06.